The Morgan fingerprint density at radius 2 is 1.94 bits per heavy atom. The summed E-state index contributed by atoms with van der Waals surface area (Å²) in [5.41, 5.74) is -0.473. The maximum absolute atomic E-state index is 11.8. The Hall–Kier alpha value is -1.84. The lowest BCUT2D eigenvalue weighted by Crippen LogP contribution is -2.42. The zero-order valence-corrected chi connectivity index (χ0v) is 9.64. The van der Waals surface area contributed by atoms with Crippen molar-refractivity contribution in [3.8, 4) is 0 Å². The van der Waals surface area contributed by atoms with Crippen molar-refractivity contribution in [3.63, 3.8) is 0 Å². The van der Waals surface area contributed by atoms with Crippen molar-refractivity contribution in [3.05, 3.63) is 41.1 Å². The zero-order chi connectivity index (χ0) is 12.2. The molecule has 0 aliphatic rings. The van der Waals surface area contributed by atoms with Crippen molar-refractivity contribution in [2.45, 2.75) is 19.4 Å². The van der Waals surface area contributed by atoms with Gasteiger partial charge in [0.15, 0.2) is 6.21 Å². The van der Waals surface area contributed by atoms with E-state index in [9.17, 15) is 10.0 Å². The Labute approximate surface area is 94.7 Å². The number of esters is 1. The molecular formula is C12H15NO3. The van der Waals surface area contributed by atoms with E-state index in [0.717, 1.165) is 5.56 Å². The lowest BCUT2D eigenvalue weighted by molar-refractivity contribution is -0.521. The molecule has 86 valence electrons. The Morgan fingerprint density at radius 1 is 1.38 bits per heavy atom. The van der Waals surface area contributed by atoms with Crippen molar-refractivity contribution in [2.24, 2.45) is 0 Å². The van der Waals surface area contributed by atoms with Crippen molar-refractivity contribution < 1.29 is 14.3 Å². The molecule has 0 aliphatic heterocycles. The Balaban J connectivity index is 2.98. The van der Waals surface area contributed by atoms with E-state index in [0.29, 0.717) is 4.74 Å². The second-order valence-electron chi connectivity index (χ2n) is 3.92. The number of methoxy groups -OCH3 is 1. The number of rotatable bonds is 3. The lowest BCUT2D eigenvalue weighted by atomic mass is 10.1. The van der Waals surface area contributed by atoms with Crippen LogP contribution in [0.5, 0.6) is 0 Å². The third kappa shape index (κ3) is 2.59. The second-order valence-corrected chi connectivity index (χ2v) is 3.92. The van der Waals surface area contributed by atoms with E-state index in [1.165, 1.54) is 27.2 Å². The van der Waals surface area contributed by atoms with Crippen molar-refractivity contribution >= 4 is 12.2 Å². The quantitative estimate of drug-likeness (QED) is 0.256. The first-order valence-corrected chi connectivity index (χ1v) is 4.93. The van der Waals surface area contributed by atoms with Crippen LogP contribution in [-0.4, -0.2) is 29.6 Å². The number of ether oxygens (including phenoxy) is 1. The molecule has 0 spiro atoms. The molecule has 4 nitrogen and oxygen atoms in total. The molecule has 0 fully saturated rings. The van der Waals surface area contributed by atoms with Gasteiger partial charge >= 0.3 is 5.97 Å². The summed E-state index contributed by atoms with van der Waals surface area (Å²) in [5.74, 6) is -0.560. The molecular weight excluding hydrogens is 206 g/mol. The van der Waals surface area contributed by atoms with Gasteiger partial charge in [-0.1, -0.05) is 18.2 Å². The highest BCUT2D eigenvalue weighted by Crippen LogP contribution is 2.10. The van der Waals surface area contributed by atoms with Crippen LogP contribution in [0.25, 0.3) is 0 Å². The molecule has 0 atom stereocenters. The summed E-state index contributed by atoms with van der Waals surface area (Å²) in [4.78, 5) is 11.4. The molecule has 1 aromatic rings. The Kier molecular flexibility index (Phi) is 3.66. The number of benzene rings is 1. The van der Waals surface area contributed by atoms with Crippen LogP contribution in [0.3, 0.4) is 0 Å². The summed E-state index contributed by atoms with van der Waals surface area (Å²) in [6.07, 6.45) is 1.37. The number of nitrogens with zero attached hydrogens (tertiary/aromatic N) is 1. The van der Waals surface area contributed by atoms with Gasteiger partial charge in [0, 0.05) is 19.4 Å². The molecule has 16 heavy (non-hydrogen) atoms. The molecule has 0 saturated heterocycles. The largest absolute Gasteiger partial charge is 0.623 e. The molecule has 0 aliphatic carbocycles. The van der Waals surface area contributed by atoms with Gasteiger partial charge in [0.1, 0.15) is 0 Å². The van der Waals surface area contributed by atoms with Crippen LogP contribution in [0.1, 0.15) is 19.4 Å². The number of hydrogen-bond acceptors (Lipinski definition) is 3. The molecule has 0 saturated carbocycles. The van der Waals surface area contributed by atoms with Crippen LogP contribution in [0, 0.1) is 5.21 Å². The van der Waals surface area contributed by atoms with E-state index in [4.69, 9.17) is 0 Å². The number of carbonyl (C=O) groups excluding carboxylic acids is 1. The van der Waals surface area contributed by atoms with Gasteiger partial charge < -0.3 is 9.94 Å². The monoisotopic (exact) mass is 221 g/mol. The summed E-state index contributed by atoms with van der Waals surface area (Å²) in [6, 6.07) is 9.09. The third-order valence-electron chi connectivity index (χ3n) is 2.30. The van der Waals surface area contributed by atoms with Crippen molar-refractivity contribution in [2.75, 3.05) is 7.11 Å². The van der Waals surface area contributed by atoms with Crippen LogP contribution in [-0.2, 0) is 9.53 Å². The summed E-state index contributed by atoms with van der Waals surface area (Å²) < 4.78 is 5.18. The molecule has 0 N–H and O–H groups in total. The van der Waals surface area contributed by atoms with Gasteiger partial charge in [0.05, 0.1) is 7.11 Å². The predicted molar refractivity (Wildman–Crippen MR) is 61.3 cm³/mol. The van der Waals surface area contributed by atoms with E-state index in [-0.39, 0.29) is 0 Å². The minimum atomic E-state index is -1.22. The van der Waals surface area contributed by atoms with Crippen molar-refractivity contribution in [1.29, 1.82) is 0 Å². The van der Waals surface area contributed by atoms with Gasteiger partial charge in [-0.05, 0) is 12.1 Å². The average Bonchev–Trinajstić information content (AvgIpc) is 2.29. The number of carbonyl (C=O) groups is 1. The smallest absolute Gasteiger partial charge is 0.379 e. The highest BCUT2D eigenvalue weighted by Gasteiger charge is 2.37. The molecule has 0 unspecified atom stereocenters. The van der Waals surface area contributed by atoms with Crippen LogP contribution in [0.4, 0.5) is 0 Å². The van der Waals surface area contributed by atoms with Crippen LogP contribution >= 0.6 is 0 Å². The maximum Gasteiger partial charge on any atom is 0.379 e. The summed E-state index contributed by atoms with van der Waals surface area (Å²) in [7, 11) is 1.26. The van der Waals surface area contributed by atoms with Gasteiger partial charge in [-0.25, -0.2) is 4.79 Å². The average molecular weight is 221 g/mol. The highest BCUT2D eigenvalue weighted by atomic mass is 16.5. The first-order valence-electron chi connectivity index (χ1n) is 4.93. The molecule has 0 radical (unpaired) electrons. The van der Waals surface area contributed by atoms with E-state index in [1.807, 2.05) is 18.2 Å². The molecule has 4 heteroatoms. The fourth-order valence-electron chi connectivity index (χ4n) is 1.18. The standard InChI is InChI=1S/C12H15NO3/c1-12(2,11(14)16-3)13(15)9-10-7-5-4-6-8-10/h4-9H,1-3H3. The third-order valence-corrected chi connectivity index (χ3v) is 2.30. The van der Waals surface area contributed by atoms with E-state index < -0.39 is 11.5 Å². The van der Waals surface area contributed by atoms with E-state index >= 15 is 0 Å². The molecule has 1 aromatic carbocycles. The van der Waals surface area contributed by atoms with Gasteiger partial charge in [0.2, 0.25) is 0 Å². The molecule has 0 aromatic heterocycles. The van der Waals surface area contributed by atoms with E-state index in [1.54, 1.807) is 12.1 Å². The summed E-state index contributed by atoms with van der Waals surface area (Å²) in [6.45, 7) is 3.04. The van der Waals surface area contributed by atoms with Gasteiger partial charge in [-0.15, -0.1) is 0 Å². The Bertz CT molecular complexity index is 396. The number of hydroxylamine groups is 1. The normalized spacial score (nSPS) is 12.3. The lowest BCUT2D eigenvalue weighted by Gasteiger charge is -2.20. The minimum absolute atomic E-state index is 0.560. The fraction of sp³-hybridized carbons (Fsp3) is 0.333. The van der Waals surface area contributed by atoms with Gasteiger partial charge in [0.25, 0.3) is 5.54 Å². The second kappa shape index (κ2) is 4.79. The SMILES string of the molecule is COC(=O)C(C)(C)[N+]([O-])=Cc1ccccc1. The first kappa shape index (κ1) is 12.2. The van der Waals surface area contributed by atoms with Crippen LogP contribution < -0.4 is 0 Å². The summed E-state index contributed by atoms with van der Waals surface area (Å²) in [5, 5.41) is 11.8. The van der Waals surface area contributed by atoms with Gasteiger partial charge in [-0.3, -0.25) is 0 Å². The molecule has 0 amide bonds. The Morgan fingerprint density at radius 3 is 2.44 bits per heavy atom. The van der Waals surface area contributed by atoms with Crippen molar-refractivity contribution in [1.82, 2.24) is 0 Å². The predicted octanol–water partition coefficient (Wildman–Crippen LogP) is 1.57. The topological polar surface area (TPSA) is 52.4 Å². The molecule has 0 bridgehead atoms. The molecule has 0 heterocycles. The van der Waals surface area contributed by atoms with E-state index in [2.05, 4.69) is 4.74 Å². The highest BCUT2D eigenvalue weighted by molar-refractivity contribution is 5.81. The van der Waals surface area contributed by atoms with Crippen LogP contribution in [0.15, 0.2) is 30.3 Å². The maximum atomic E-state index is 11.8. The fourth-order valence-corrected chi connectivity index (χ4v) is 1.18. The first-order chi connectivity index (χ1) is 7.48. The van der Waals surface area contributed by atoms with Gasteiger partial charge in [-0.2, -0.15) is 4.74 Å². The summed E-state index contributed by atoms with van der Waals surface area (Å²) >= 11 is 0. The zero-order valence-electron chi connectivity index (χ0n) is 9.64. The van der Waals surface area contributed by atoms with Crippen LogP contribution in [0.2, 0.25) is 0 Å². The molecule has 1 rings (SSSR count). The minimum Gasteiger partial charge on any atom is -0.623 e. The number of hydrogen-bond donors (Lipinski definition) is 0.